The van der Waals surface area contributed by atoms with Crippen LogP contribution in [0.4, 0.5) is 0 Å². The predicted octanol–water partition coefficient (Wildman–Crippen LogP) is 2.05. The van der Waals surface area contributed by atoms with Crippen molar-refractivity contribution in [1.82, 2.24) is 4.90 Å². The molecule has 0 spiro atoms. The first-order valence-corrected chi connectivity index (χ1v) is 8.83. The van der Waals surface area contributed by atoms with Crippen molar-refractivity contribution in [3.05, 3.63) is 29.3 Å². The quantitative estimate of drug-likeness (QED) is 0.924. The van der Waals surface area contributed by atoms with Gasteiger partial charge < -0.3 is 4.90 Å². The van der Waals surface area contributed by atoms with Crippen LogP contribution in [0.25, 0.3) is 0 Å². The second-order valence-corrected chi connectivity index (χ2v) is 7.10. The van der Waals surface area contributed by atoms with Crippen LogP contribution >= 0.6 is 0 Å². The number of aryl methyl sites for hydroxylation is 1. The Morgan fingerprint density at radius 1 is 1.33 bits per heavy atom. The average molecular weight is 310 g/mol. The number of sulfonamides is 1. The molecule has 2 N–H and O–H groups in total. The van der Waals surface area contributed by atoms with Crippen molar-refractivity contribution >= 4 is 15.9 Å². The fourth-order valence-corrected chi connectivity index (χ4v) is 3.71. The standard InChI is InChI=1S/C15H22N2O3S/c1-3-17(12-6-4-5-7-12)15(18)13-10-11(2)8-9-14(13)21(16,19)20/h8-10,12H,3-7H2,1-2H3,(H2,16,19,20). The highest BCUT2D eigenvalue weighted by Crippen LogP contribution is 2.26. The van der Waals surface area contributed by atoms with Crippen LogP contribution in [0.2, 0.25) is 0 Å². The fourth-order valence-electron chi connectivity index (χ4n) is 3.00. The zero-order valence-corrected chi connectivity index (χ0v) is 13.3. The van der Waals surface area contributed by atoms with Gasteiger partial charge in [0.05, 0.1) is 10.5 Å². The van der Waals surface area contributed by atoms with E-state index in [2.05, 4.69) is 0 Å². The number of nitrogens with two attached hydrogens (primary N) is 1. The van der Waals surface area contributed by atoms with Gasteiger partial charge in [-0.2, -0.15) is 0 Å². The Bertz CT molecular complexity index is 634. The fraction of sp³-hybridized carbons (Fsp3) is 0.533. The summed E-state index contributed by atoms with van der Waals surface area (Å²) in [6.45, 7) is 4.32. The Labute approximate surface area is 126 Å². The summed E-state index contributed by atoms with van der Waals surface area (Å²) in [4.78, 5) is 14.5. The van der Waals surface area contributed by atoms with Crippen LogP contribution in [0.5, 0.6) is 0 Å². The summed E-state index contributed by atoms with van der Waals surface area (Å²) in [5, 5.41) is 5.24. The molecule has 0 radical (unpaired) electrons. The molecule has 21 heavy (non-hydrogen) atoms. The maximum Gasteiger partial charge on any atom is 0.255 e. The van der Waals surface area contributed by atoms with E-state index in [-0.39, 0.29) is 22.4 Å². The Morgan fingerprint density at radius 3 is 2.48 bits per heavy atom. The van der Waals surface area contributed by atoms with E-state index >= 15 is 0 Å². The van der Waals surface area contributed by atoms with Crippen molar-refractivity contribution in [2.24, 2.45) is 5.14 Å². The van der Waals surface area contributed by atoms with Gasteiger partial charge in [-0.3, -0.25) is 4.79 Å². The number of benzene rings is 1. The Kier molecular flexibility index (Phi) is 4.68. The number of amides is 1. The lowest BCUT2D eigenvalue weighted by Gasteiger charge is -2.28. The molecular formula is C15H22N2O3S. The molecular weight excluding hydrogens is 288 g/mol. The van der Waals surface area contributed by atoms with E-state index in [9.17, 15) is 13.2 Å². The zero-order chi connectivity index (χ0) is 15.6. The van der Waals surface area contributed by atoms with Gasteiger partial charge in [0.25, 0.3) is 5.91 Å². The summed E-state index contributed by atoms with van der Waals surface area (Å²) in [5.41, 5.74) is 1.03. The molecule has 0 heterocycles. The highest BCUT2D eigenvalue weighted by Gasteiger charge is 2.29. The number of hydrogen-bond acceptors (Lipinski definition) is 3. The first-order chi connectivity index (χ1) is 9.84. The van der Waals surface area contributed by atoms with Gasteiger partial charge in [0, 0.05) is 12.6 Å². The van der Waals surface area contributed by atoms with Gasteiger partial charge in [0.1, 0.15) is 0 Å². The topological polar surface area (TPSA) is 80.5 Å². The summed E-state index contributed by atoms with van der Waals surface area (Å²) in [6.07, 6.45) is 4.20. The van der Waals surface area contributed by atoms with Crippen LogP contribution in [0.15, 0.2) is 23.1 Å². The van der Waals surface area contributed by atoms with Gasteiger partial charge in [0.15, 0.2) is 0 Å². The van der Waals surface area contributed by atoms with Crippen LogP contribution in [0.3, 0.4) is 0 Å². The smallest absolute Gasteiger partial charge is 0.255 e. The van der Waals surface area contributed by atoms with Gasteiger partial charge in [-0.1, -0.05) is 24.5 Å². The number of carbonyl (C=O) groups excluding carboxylic acids is 1. The van der Waals surface area contributed by atoms with Crippen LogP contribution in [0, 0.1) is 6.92 Å². The molecule has 0 unspecified atom stereocenters. The second kappa shape index (κ2) is 6.15. The SMILES string of the molecule is CCN(C(=O)c1cc(C)ccc1S(N)(=O)=O)C1CCCC1. The Morgan fingerprint density at radius 2 is 1.95 bits per heavy atom. The van der Waals surface area contributed by atoms with Crippen LogP contribution in [-0.4, -0.2) is 31.8 Å². The monoisotopic (exact) mass is 310 g/mol. The molecule has 1 fully saturated rings. The van der Waals surface area contributed by atoms with Gasteiger partial charge in [0.2, 0.25) is 10.0 Å². The number of primary sulfonamides is 1. The predicted molar refractivity (Wildman–Crippen MR) is 81.5 cm³/mol. The molecule has 0 saturated heterocycles. The van der Waals surface area contributed by atoms with E-state index in [1.807, 2.05) is 13.8 Å². The molecule has 1 aromatic carbocycles. The van der Waals surface area contributed by atoms with Crippen LogP contribution in [0.1, 0.15) is 48.5 Å². The van der Waals surface area contributed by atoms with Gasteiger partial charge in [-0.15, -0.1) is 0 Å². The molecule has 6 heteroatoms. The number of nitrogens with zero attached hydrogens (tertiary/aromatic N) is 1. The largest absolute Gasteiger partial charge is 0.336 e. The highest BCUT2D eigenvalue weighted by molar-refractivity contribution is 7.89. The van der Waals surface area contributed by atoms with Crippen LogP contribution < -0.4 is 5.14 Å². The summed E-state index contributed by atoms with van der Waals surface area (Å²) < 4.78 is 23.4. The molecule has 5 nitrogen and oxygen atoms in total. The van der Waals surface area contributed by atoms with Crippen molar-refractivity contribution in [1.29, 1.82) is 0 Å². The van der Waals surface area contributed by atoms with Gasteiger partial charge in [-0.05, 0) is 38.8 Å². The third kappa shape index (κ3) is 3.44. The summed E-state index contributed by atoms with van der Waals surface area (Å²) >= 11 is 0. The number of hydrogen-bond donors (Lipinski definition) is 1. The van der Waals surface area contributed by atoms with E-state index in [0.717, 1.165) is 31.2 Å². The molecule has 0 bridgehead atoms. The van der Waals surface area contributed by atoms with Crippen molar-refractivity contribution in [3.8, 4) is 0 Å². The first-order valence-electron chi connectivity index (χ1n) is 7.29. The lowest BCUT2D eigenvalue weighted by molar-refractivity contribution is 0.0689. The maximum absolute atomic E-state index is 12.8. The first kappa shape index (κ1) is 16.0. The van der Waals surface area contributed by atoms with Crippen LogP contribution in [-0.2, 0) is 10.0 Å². The summed E-state index contributed by atoms with van der Waals surface area (Å²) in [6, 6.07) is 4.89. The van der Waals surface area contributed by atoms with E-state index in [4.69, 9.17) is 5.14 Å². The van der Waals surface area contributed by atoms with E-state index in [1.54, 1.807) is 17.0 Å². The van der Waals surface area contributed by atoms with E-state index < -0.39 is 10.0 Å². The number of rotatable bonds is 4. The molecule has 0 aromatic heterocycles. The molecule has 1 aliphatic rings. The Balaban J connectivity index is 2.44. The summed E-state index contributed by atoms with van der Waals surface area (Å²) in [5.74, 6) is -0.239. The normalized spacial score (nSPS) is 16.1. The molecule has 1 saturated carbocycles. The van der Waals surface area contributed by atoms with Gasteiger partial charge >= 0.3 is 0 Å². The van der Waals surface area contributed by atoms with Crippen molar-refractivity contribution < 1.29 is 13.2 Å². The molecule has 1 amide bonds. The molecule has 1 aromatic rings. The van der Waals surface area contributed by atoms with Gasteiger partial charge in [-0.25, -0.2) is 13.6 Å². The van der Waals surface area contributed by atoms with Crippen molar-refractivity contribution in [3.63, 3.8) is 0 Å². The third-order valence-corrected chi connectivity index (χ3v) is 5.01. The minimum absolute atomic E-state index is 0.0884. The van der Waals surface area contributed by atoms with Crippen molar-refractivity contribution in [2.45, 2.75) is 50.5 Å². The third-order valence-electron chi connectivity index (χ3n) is 4.04. The summed E-state index contributed by atoms with van der Waals surface area (Å²) in [7, 11) is -3.91. The van der Waals surface area contributed by atoms with E-state index in [1.165, 1.54) is 6.07 Å². The highest BCUT2D eigenvalue weighted by atomic mass is 32.2. The minimum Gasteiger partial charge on any atom is -0.336 e. The molecule has 1 aliphatic carbocycles. The lowest BCUT2D eigenvalue weighted by Crippen LogP contribution is -2.39. The second-order valence-electron chi connectivity index (χ2n) is 5.57. The number of carbonyl (C=O) groups is 1. The zero-order valence-electron chi connectivity index (χ0n) is 12.5. The average Bonchev–Trinajstić information content (AvgIpc) is 2.91. The molecule has 0 aliphatic heterocycles. The lowest BCUT2D eigenvalue weighted by atomic mass is 10.1. The van der Waals surface area contributed by atoms with Crippen molar-refractivity contribution in [2.75, 3.05) is 6.54 Å². The minimum atomic E-state index is -3.91. The maximum atomic E-state index is 12.8. The molecule has 2 rings (SSSR count). The Hall–Kier alpha value is -1.40. The molecule has 116 valence electrons. The van der Waals surface area contributed by atoms with E-state index in [0.29, 0.717) is 6.54 Å². The molecule has 0 atom stereocenters.